The minimum absolute atomic E-state index is 0.0735. The van der Waals surface area contributed by atoms with Crippen molar-refractivity contribution in [2.24, 2.45) is 0 Å². The van der Waals surface area contributed by atoms with Crippen LogP contribution in [0, 0.1) is 0 Å². The molecule has 0 amide bonds. The van der Waals surface area contributed by atoms with Crippen LogP contribution in [0.2, 0.25) is 10.0 Å². The molecule has 0 fully saturated rings. The summed E-state index contributed by atoms with van der Waals surface area (Å²) in [6.45, 7) is 0. The second-order valence-electron chi connectivity index (χ2n) is 2.02. The molecule has 1 aromatic heterocycles. The summed E-state index contributed by atoms with van der Waals surface area (Å²) in [6, 6.07) is 1.15. The molecule has 2 N–H and O–H groups in total. The first kappa shape index (κ1) is 9.48. The molecule has 12 heavy (non-hydrogen) atoms. The quantitative estimate of drug-likeness (QED) is 0.778. The van der Waals surface area contributed by atoms with Gasteiger partial charge >= 0.3 is 0 Å². The summed E-state index contributed by atoms with van der Waals surface area (Å²) in [5, 5.41) is -0.103. The van der Waals surface area contributed by atoms with Gasteiger partial charge in [0.25, 0.3) is 6.43 Å². The molecular weight excluding hydrogens is 209 g/mol. The van der Waals surface area contributed by atoms with Crippen molar-refractivity contribution in [1.29, 1.82) is 0 Å². The minimum Gasteiger partial charge on any atom is -0.382 e. The molecule has 1 rings (SSSR count). The van der Waals surface area contributed by atoms with Crippen molar-refractivity contribution in [3.8, 4) is 0 Å². The average molecular weight is 213 g/mol. The lowest BCUT2D eigenvalue weighted by Gasteiger charge is -2.03. The van der Waals surface area contributed by atoms with Gasteiger partial charge in [-0.05, 0) is 6.07 Å². The number of hydrogen-bond acceptors (Lipinski definition) is 2. The van der Waals surface area contributed by atoms with Crippen LogP contribution in [-0.4, -0.2) is 4.98 Å². The molecule has 0 atom stereocenters. The lowest BCUT2D eigenvalue weighted by atomic mass is 10.3. The van der Waals surface area contributed by atoms with Gasteiger partial charge in [0.15, 0.2) is 0 Å². The predicted octanol–water partition coefficient (Wildman–Crippen LogP) is 2.91. The molecular formula is C6H4Cl2F2N2. The molecule has 0 spiro atoms. The Hall–Kier alpha value is -0.610. The van der Waals surface area contributed by atoms with Crippen molar-refractivity contribution in [3.05, 3.63) is 21.8 Å². The van der Waals surface area contributed by atoms with Gasteiger partial charge in [-0.25, -0.2) is 13.8 Å². The molecule has 0 aromatic carbocycles. The predicted molar refractivity (Wildman–Crippen MR) is 43.6 cm³/mol. The lowest BCUT2D eigenvalue weighted by Crippen LogP contribution is -1.98. The zero-order valence-electron chi connectivity index (χ0n) is 5.69. The molecule has 1 aromatic rings. The molecule has 0 aliphatic heterocycles. The van der Waals surface area contributed by atoms with Crippen molar-refractivity contribution in [1.82, 2.24) is 4.98 Å². The maximum absolute atomic E-state index is 12.1. The monoisotopic (exact) mass is 212 g/mol. The van der Waals surface area contributed by atoms with E-state index in [0.717, 1.165) is 6.07 Å². The number of hydrogen-bond donors (Lipinski definition) is 1. The highest BCUT2D eigenvalue weighted by atomic mass is 35.5. The van der Waals surface area contributed by atoms with Crippen LogP contribution in [0.15, 0.2) is 6.07 Å². The average Bonchev–Trinajstić information content (AvgIpc) is 1.96. The van der Waals surface area contributed by atoms with E-state index in [1.54, 1.807) is 0 Å². The lowest BCUT2D eigenvalue weighted by molar-refractivity contribution is 0.146. The van der Waals surface area contributed by atoms with Gasteiger partial charge in [-0.3, -0.25) is 0 Å². The van der Waals surface area contributed by atoms with Gasteiger partial charge in [0.05, 0.1) is 10.0 Å². The molecule has 0 aliphatic rings. The Morgan fingerprint density at radius 2 is 1.92 bits per heavy atom. The Labute approximate surface area is 77.3 Å². The zero-order valence-corrected chi connectivity index (χ0v) is 7.20. The van der Waals surface area contributed by atoms with Gasteiger partial charge in [0, 0.05) is 0 Å². The van der Waals surface area contributed by atoms with E-state index < -0.39 is 12.1 Å². The molecule has 0 aliphatic carbocycles. The fraction of sp³-hybridized carbons (Fsp3) is 0.167. The van der Waals surface area contributed by atoms with E-state index in [-0.39, 0.29) is 15.9 Å². The number of pyridine rings is 1. The second kappa shape index (κ2) is 3.41. The first-order valence-corrected chi connectivity index (χ1v) is 3.67. The van der Waals surface area contributed by atoms with Crippen LogP contribution in [-0.2, 0) is 0 Å². The summed E-state index contributed by atoms with van der Waals surface area (Å²) in [5.41, 5.74) is 4.65. The number of alkyl halides is 2. The number of nitrogen functional groups attached to an aromatic ring is 1. The van der Waals surface area contributed by atoms with Crippen molar-refractivity contribution in [3.63, 3.8) is 0 Å². The Balaban J connectivity index is 3.23. The molecule has 0 saturated heterocycles. The number of nitrogens with two attached hydrogens (primary N) is 1. The Kier molecular flexibility index (Phi) is 2.69. The maximum Gasteiger partial charge on any atom is 0.281 e. The molecule has 0 unspecified atom stereocenters. The highest BCUT2D eigenvalue weighted by molar-refractivity contribution is 6.36. The van der Waals surface area contributed by atoms with E-state index in [4.69, 9.17) is 28.9 Å². The van der Waals surface area contributed by atoms with E-state index in [1.807, 2.05) is 0 Å². The summed E-state index contributed by atoms with van der Waals surface area (Å²) >= 11 is 10.9. The first-order chi connectivity index (χ1) is 5.52. The Morgan fingerprint density at radius 3 is 2.42 bits per heavy atom. The van der Waals surface area contributed by atoms with E-state index in [2.05, 4.69) is 4.98 Å². The van der Waals surface area contributed by atoms with E-state index >= 15 is 0 Å². The SMILES string of the molecule is Nc1nc(C(F)F)c(Cl)cc1Cl. The molecule has 0 radical (unpaired) electrons. The van der Waals surface area contributed by atoms with Crippen LogP contribution in [0.25, 0.3) is 0 Å². The highest BCUT2D eigenvalue weighted by Crippen LogP contribution is 2.29. The van der Waals surface area contributed by atoms with Crippen molar-refractivity contribution in [2.45, 2.75) is 6.43 Å². The largest absolute Gasteiger partial charge is 0.382 e. The van der Waals surface area contributed by atoms with Crippen LogP contribution in [0.1, 0.15) is 12.1 Å². The molecule has 0 bridgehead atoms. The maximum atomic E-state index is 12.1. The third-order valence-corrected chi connectivity index (χ3v) is 1.80. The number of nitrogens with zero attached hydrogens (tertiary/aromatic N) is 1. The molecule has 2 nitrogen and oxygen atoms in total. The summed E-state index contributed by atoms with van der Waals surface area (Å²) in [4.78, 5) is 3.34. The van der Waals surface area contributed by atoms with Crippen molar-refractivity contribution < 1.29 is 8.78 Å². The van der Waals surface area contributed by atoms with Gasteiger partial charge in [-0.1, -0.05) is 23.2 Å². The summed E-state index contributed by atoms with van der Waals surface area (Å²) in [6.07, 6.45) is -2.74. The third-order valence-electron chi connectivity index (χ3n) is 1.19. The number of aromatic nitrogens is 1. The molecule has 66 valence electrons. The number of halogens is 4. The van der Waals surface area contributed by atoms with Gasteiger partial charge in [-0.2, -0.15) is 0 Å². The Bertz CT molecular complexity index is 304. The van der Waals surface area contributed by atoms with E-state index in [0.29, 0.717) is 0 Å². The summed E-state index contributed by atoms with van der Waals surface area (Å²) in [7, 11) is 0. The summed E-state index contributed by atoms with van der Waals surface area (Å²) < 4.78 is 24.2. The minimum atomic E-state index is -2.74. The number of anilines is 1. The van der Waals surface area contributed by atoms with Crippen LogP contribution in [0.3, 0.4) is 0 Å². The second-order valence-corrected chi connectivity index (χ2v) is 2.84. The van der Waals surface area contributed by atoms with Crippen molar-refractivity contribution >= 4 is 29.0 Å². The van der Waals surface area contributed by atoms with Crippen molar-refractivity contribution in [2.75, 3.05) is 5.73 Å². The smallest absolute Gasteiger partial charge is 0.281 e. The third kappa shape index (κ3) is 1.76. The molecule has 6 heteroatoms. The summed E-state index contributed by atoms with van der Waals surface area (Å²) in [5.74, 6) is -0.142. The van der Waals surface area contributed by atoms with Crippen LogP contribution in [0.5, 0.6) is 0 Å². The van der Waals surface area contributed by atoms with Gasteiger partial charge in [-0.15, -0.1) is 0 Å². The molecule has 0 saturated carbocycles. The van der Waals surface area contributed by atoms with Crippen LogP contribution < -0.4 is 5.73 Å². The fourth-order valence-corrected chi connectivity index (χ4v) is 1.09. The van der Waals surface area contributed by atoms with Gasteiger partial charge in [0.1, 0.15) is 11.5 Å². The zero-order chi connectivity index (χ0) is 9.30. The topological polar surface area (TPSA) is 38.9 Å². The Morgan fingerprint density at radius 1 is 1.33 bits per heavy atom. The van der Waals surface area contributed by atoms with E-state index in [1.165, 1.54) is 0 Å². The fourth-order valence-electron chi connectivity index (χ4n) is 0.649. The normalized spacial score (nSPS) is 10.8. The first-order valence-electron chi connectivity index (χ1n) is 2.92. The van der Waals surface area contributed by atoms with Crippen LogP contribution in [0.4, 0.5) is 14.6 Å². The van der Waals surface area contributed by atoms with Gasteiger partial charge < -0.3 is 5.73 Å². The molecule has 1 heterocycles. The van der Waals surface area contributed by atoms with Gasteiger partial charge in [0.2, 0.25) is 0 Å². The number of rotatable bonds is 1. The highest BCUT2D eigenvalue weighted by Gasteiger charge is 2.15. The van der Waals surface area contributed by atoms with E-state index in [9.17, 15) is 8.78 Å². The standard InChI is InChI=1S/C6H4Cl2F2N2/c7-2-1-3(8)6(11)12-4(2)5(9)10/h1,5H,(H2,11,12). The van der Waals surface area contributed by atoms with Crippen LogP contribution >= 0.6 is 23.2 Å².